The lowest BCUT2D eigenvalue weighted by molar-refractivity contribution is 0.0948. The summed E-state index contributed by atoms with van der Waals surface area (Å²) in [5.41, 5.74) is 1.01. The van der Waals surface area contributed by atoms with Gasteiger partial charge in [-0.25, -0.2) is 17.2 Å². The van der Waals surface area contributed by atoms with Crippen LogP contribution in [0.25, 0.3) is 0 Å². The van der Waals surface area contributed by atoms with Crippen molar-refractivity contribution in [2.75, 3.05) is 35.5 Å². The van der Waals surface area contributed by atoms with Crippen LogP contribution >= 0.6 is 11.6 Å². The Balaban J connectivity index is 1.58. The van der Waals surface area contributed by atoms with Gasteiger partial charge in [-0.15, -0.1) is 0 Å². The van der Waals surface area contributed by atoms with Gasteiger partial charge < -0.3 is 10.2 Å². The molecule has 0 saturated carbocycles. The fourth-order valence-electron chi connectivity index (χ4n) is 3.20. The Hall–Kier alpha value is -2.39. The van der Waals surface area contributed by atoms with E-state index in [1.54, 1.807) is 0 Å². The summed E-state index contributed by atoms with van der Waals surface area (Å²) < 4.78 is 51.6. The van der Waals surface area contributed by atoms with E-state index >= 15 is 0 Å². The van der Waals surface area contributed by atoms with Crippen LogP contribution in [0.2, 0.25) is 5.02 Å². The molecule has 0 spiro atoms. The van der Waals surface area contributed by atoms with E-state index in [4.69, 9.17) is 11.6 Å². The molecule has 1 amide bonds. The van der Waals surface area contributed by atoms with Crippen molar-refractivity contribution in [2.24, 2.45) is 5.92 Å². The third-order valence-electron chi connectivity index (χ3n) is 4.63. The lowest BCUT2D eigenvalue weighted by Gasteiger charge is -2.19. The highest BCUT2D eigenvalue weighted by molar-refractivity contribution is 7.92. The highest BCUT2D eigenvalue weighted by atomic mass is 35.5. The first-order chi connectivity index (χ1) is 13.6. The van der Waals surface area contributed by atoms with Crippen molar-refractivity contribution in [3.05, 3.63) is 58.6 Å². The first kappa shape index (κ1) is 21.3. The summed E-state index contributed by atoms with van der Waals surface area (Å²) in [4.78, 5) is 14.4. The van der Waals surface area contributed by atoms with Crippen LogP contribution in [-0.2, 0) is 10.0 Å². The number of rotatable bonds is 6. The third kappa shape index (κ3) is 5.57. The molecule has 1 aliphatic heterocycles. The van der Waals surface area contributed by atoms with Gasteiger partial charge in [0.2, 0.25) is 10.0 Å². The van der Waals surface area contributed by atoms with Gasteiger partial charge in [0.15, 0.2) is 11.6 Å². The maximum atomic E-state index is 13.4. The second-order valence-electron chi connectivity index (χ2n) is 6.98. The predicted molar refractivity (Wildman–Crippen MR) is 109 cm³/mol. The zero-order chi connectivity index (χ0) is 21.2. The molecule has 0 radical (unpaired) electrons. The van der Waals surface area contributed by atoms with Crippen LogP contribution in [0.3, 0.4) is 0 Å². The molecule has 2 aromatic rings. The summed E-state index contributed by atoms with van der Waals surface area (Å²) in [5, 5.41) is 3.01. The number of hydrogen-bond acceptors (Lipinski definition) is 4. The third-order valence-corrected chi connectivity index (χ3v) is 5.55. The lowest BCUT2D eigenvalue weighted by Crippen LogP contribution is -2.31. The first-order valence-electron chi connectivity index (χ1n) is 8.88. The highest BCUT2D eigenvalue weighted by Crippen LogP contribution is 2.26. The summed E-state index contributed by atoms with van der Waals surface area (Å²) in [5.74, 6) is -1.98. The average molecular weight is 444 g/mol. The lowest BCUT2D eigenvalue weighted by atomic mass is 10.1. The van der Waals surface area contributed by atoms with E-state index in [2.05, 4.69) is 10.0 Å². The van der Waals surface area contributed by atoms with Gasteiger partial charge in [0.1, 0.15) is 0 Å². The quantitative estimate of drug-likeness (QED) is 0.718. The van der Waals surface area contributed by atoms with E-state index in [0.717, 1.165) is 18.7 Å². The number of nitrogens with one attached hydrogen (secondary N) is 2. The van der Waals surface area contributed by atoms with Crippen molar-refractivity contribution in [3.63, 3.8) is 0 Å². The van der Waals surface area contributed by atoms with Crippen LogP contribution < -0.4 is 14.9 Å². The molecular formula is C19H20ClF2N3O3S. The molecule has 0 aromatic heterocycles. The van der Waals surface area contributed by atoms with Crippen LogP contribution in [0.5, 0.6) is 0 Å². The summed E-state index contributed by atoms with van der Waals surface area (Å²) >= 11 is 5.97. The second-order valence-corrected chi connectivity index (χ2v) is 9.13. The minimum Gasteiger partial charge on any atom is -0.371 e. The summed E-state index contributed by atoms with van der Waals surface area (Å²) in [7, 11) is -3.53. The van der Waals surface area contributed by atoms with E-state index in [-0.39, 0.29) is 28.1 Å². The maximum Gasteiger partial charge on any atom is 0.251 e. The Morgan fingerprint density at radius 2 is 1.97 bits per heavy atom. The van der Waals surface area contributed by atoms with E-state index in [0.29, 0.717) is 25.3 Å². The van der Waals surface area contributed by atoms with Crippen molar-refractivity contribution in [1.82, 2.24) is 5.32 Å². The van der Waals surface area contributed by atoms with Gasteiger partial charge in [-0.3, -0.25) is 9.52 Å². The molecule has 1 fully saturated rings. The molecule has 3 rings (SSSR count). The molecule has 2 aromatic carbocycles. The fourth-order valence-corrected chi connectivity index (χ4v) is 3.99. The molecule has 156 valence electrons. The van der Waals surface area contributed by atoms with Gasteiger partial charge in [0, 0.05) is 37.0 Å². The zero-order valence-corrected chi connectivity index (χ0v) is 17.2. The van der Waals surface area contributed by atoms with Gasteiger partial charge >= 0.3 is 0 Å². The molecule has 0 bridgehead atoms. The zero-order valence-electron chi connectivity index (χ0n) is 15.6. The maximum absolute atomic E-state index is 13.4. The monoisotopic (exact) mass is 443 g/mol. The minimum absolute atomic E-state index is 0.132. The summed E-state index contributed by atoms with van der Waals surface area (Å²) in [6.45, 7) is 1.68. The van der Waals surface area contributed by atoms with Crippen molar-refractivity contribution < 1.29 is 22.0 Å². The number of sulfonamides is 1. The van der Waals surface area contributed by atoms with Crippen LogP contribution in [0.15, 0.2) is 36.4 Å². The summed E-state index contributed by atoms with van der Waals surface area (Å²) in [6.07, 6.45) is 1.79. The molecule has 29 heavy (non-hydrogen) atoms. The standard InChI is InChI=1S/C19H20ClF2N3O3S/c1-29(27,28)24-18-8-13(2-4-15(18)20)19(26)23-10-12-6-7-25(11-12)14-3-5-16(21)17(22)9-14/h2-5,8-9,12,24H,6-7,10-11H2,1H3,(H,23,26). The van der Waals surface area contributed by atoms with Gasteiger partial charge in [-0.1, -0.05) is 11.6 Å². The van der Waals surface area contributed by atoms with E-state index in [9.17, 15) is 22.0 Å². The molecule has 10 heteroatoms. The largest absolute Gasteiger partial charge is 0.371 e. The fraction of sp³-hybridized carbons (Fsp3) is 0.316. The first-order valence-corrected chi connectivity index (χ1v) is 11.1. The van der Waals surface area contributed by atoms with Gasteiger partial charge in [0.05, 0.1) is 17.0 Å². The number of carbonyl (C=O) groups is 1. The Kier molecular flexibility index (Phi) is 6.28. The minimum atomic E-state index is -3.53. The van der Waals surface area contributed by atoms with Crippen molar-refractivity contribution in [2.45, 2.75) is 6.42 Å². The molecule has 1 unspecified atom stereocenters. The number of benzene rings is 2. The Morgan fingerprint density at radius 3 is 2.66 bits per heavy atom. The van der Waals surface area contributed by atoms with Crippen LogP contribution in [0, 0.1) is 17.6 Å². The van der Waals surface area contributed by atoms with Crippen LogP contribution in [-0.4, -0.2) is 40.2 Å². The molecule has 0 aliphatic carbocycles. The highest BCUT2D eigenvalue weighted by Gasteiger charge is 2.24. The molecule has 2 N–H and O–H groups in total. The number of carbonyl (C=O) groups excluding carboxylic acids is 1. The molecule has 1 saturated heterocycles. The topological polar surface area (TPSA) is 78.5 Å². The Morgan fingerprint density at radius 1 is 1.21 bits per heavy atom. The SMILES string of the molecule is CS(=O)(=O)Nc1cc(C(=O)NCC2CCN(c3ccc(F)c(F)c3)C2)ccc1Cl. The van der Waals surface area contributed by atoms with Crippen LogP contribution in [0.4, 0.5) is 20.2 Å². The smallest absolute Gasteiger partial charge is 0.251 e. The average Bonchev–Trinajstić information content (AvgIpc) is 3.11. The molecule has 6 nitrogen and oxygen atoms in total. The second kappa shape index (κ2) is 8.54. The Bertz CT molecular complexity index is 1030. The predicted octanol–water partition coefficient (Wildman–Crippen LogP) is 3.25. The van der Waals surface area contributed by atoms with E-state index in [1.165, 1.54) is 30.3 Å². The van der Waals surface area contributed by atoms with Crippen molar-refractivity contribution in [1.29, 1.82) is 0 Å². The van der Waals surface area contributed by atoms with Crippen molar-refractivity contribution in [3.8, 4) is 0 Å². The molecular weight excluding hydrogens is 424 g/mol. The van der Waals surface area contributed by atoms with Gasteiger partial charge in [-0.05, 0) is 42.7 Å². The number of anilines is 2. The number of halogens is 3. The van der Waals surface area contributed by atoms with Gasteiger partial charge in [0.25, 0.3) is 5.91 Å². The van der Waals surface area contributed by atoms with Crippen molar-refractivity contribution >= 4 is 38.9 Å². The molecule has 1 atom stereocenters. The van der Waals surface area contributed by atoms with Crippen LogP contribution in [0.1, 0.15) is 16.8 Å². The number of amides is 1. The molecule has 1 heterocycles. The van der Waals surface area contributed by atoms with E-state index in [1.807, 2.05) is 4.90 Å². The van der Waals surface area contributed by atoms with E-state index < -0.39 is 21.7 Å². The van der Waals surface area contributed by atoms with Gasteiger partial charge in [-0.2, -0.15) is 0 Å². The molecule has 1 aliphatic rings. The Labute approximate surface area is 172 Å². The number of hydrogen-bond donors (Lipinski definition) is 2. The number of nitrogens with zero attached hydrogens (tertiary/aromatic N) is 1. The summed E-state index contributed by atoms with van der Waals surface area (Å²) in [6, 6.07) is 8.13. The normalized spacial score (nSPS) is 16.7.